The van der Waals surface area contributed by atoms with Gasteiger partial charge in [-0.3, -0.25) is 0 Å². The fraction of sp³-hybridized carbons (Fsp3) is 0.500. The normalized spacial score (nSPS) is 17.2. The highest BCUT2D eigenvalue weighted by Gasteiger charge is 2.16. The predicted molar refractivity (Wildman–Crippen MR) is 94.0 cm³/mol. The Labute approximate surface area is 130 Å². The first-order chi connectivity index (χ1) is 10.1. The zero-order chi connectivity index (χ0) is 15.2. The van der Waals surface area contributed by atoms with Crippen molar-refractivity contribution in [3.05, 3.63) is 48.6 Å². The molecule has 1 aliphatic carbocycles. The molecule has 1 heteroatoms. The monoisotopic (exact) mass is 283 g/mol. The lowest BCUT2D eigenvalue weighted by atomic mass is 9.85. The lowest BCUT2D eigenvalue weighted by Crippen LogP contribution is -2.27. The van der Waals surface area contributed by atoms with E-state index in [1.807, 2.05) is 6.92 Å². The van der Waals surface area contributed by atoms with Crippen molar-refractivity contribution >= 4 is 11.3 Å². The molecule has 1 atom stereocenters. The van der Waals surface area contributed by atoms with E-state index >= 15 is 0 Å². The summed E-state index contributed by atoms with van der Waals surface area (Å²) in [6.45, 7) is 12.5. The molecule has 1 saturated carbocycles. The Balaban J connectivity index is 1.86. The average molecular weight is 283 g/mol. The van der Waals surface area contributed by atoms with E-state index in [0.717, 1.165) is 17.2 Å². The van der Waals surface area contributed by atoms with Gasteiger partial charge in [-0.15, -0.1) is 0 Å². The molecule has 1 aromatic rings. The minimum atomic E-state index is 0.501. The smallest absolute Gasteiger partial charge is 0.0342 e. The van der Waals surface area contributed by atoms with Crippen LogP contribution in [0.1, 0.15) is 63.5 Å². The third-order valence-corrected chi connectivity index (χ3v) is 4.56. The number of hydrogen-bond acceptors (Lipinski definition) is 1. The highest BCUT2D eigenvalue weighted by molar-refractivity contribution is 5.67. The fourth-order valence-electron chi connectivity index (χ4n) is 3.32. The molecule has 1 N–H and O–H groups in total. The summed E-state index contributed by atoms with van der Waals surface area (Å²) in [4.78, 5) is 0. The maximum Gasteiger partial charge on any atom is 0.0342 e. The summed E-state index contributed by atoms with van der Waals surface area (Å²) in [6, 6.07) is 9.01. The summed E-state index contributed by atoms with van der Waals surface area (Å²) in [5.74, 6) is 0.903. The Morgan fingerprint density at radius 2 is 1.67 bits per heavy atom. The van der Waals surface area contributed by atoms with Crippen molar-refractivity contribution in [1.29, 1.82) is 0 Å². The van der Waals surface area contributed by atoms with Gasteiger partial charge < -0.3 is 5.32 Å². The van der Waals surface area contributed by atoms with Gasteiger partial charge in [-0.05, 0) is 37.3 Å². The second-order valence-corrected chi connectivity index (χ2v) is 6.62. The molecule has 0 aliphatic heterocycles. The highest BCUT2D eigenvalue weighted by Crippen LogP contribution is 2.27. The lowest BCUT2D eigenvalue weighted by Gasteiger charge is -2.26. The highest BCUT2D eigenvalue weighted by atomic mass is 14.9. The van der Waals surface area contributed by atoms with Crippen LogP contribution in [0.2, 0.25) is 0 Å². The topological polar surface area (TPSA) is 12.0 Å². The van der Waals surface area contributed by atoms with Crippen LogP contribution >= 0.6 is 0 Å². The van der Waals surface area contributed by atoms with E-state index in [9.17, 15) is 0 Å². The molecule has 0 spiro atoms. The average Bonchev–Trinajstić information content (AvgIpc) is 2.48. The Kier molecular flexibility index (Phi) is 5.67. The minimum absolute atomic E-state index is 0.501. The van der Waals surface area contributed by atoms with E-state index in [1.165, 1.54) is 49.7 Å². The molecule has 114 valence electrons. The van der Waals surface area contributed by atoms with Gasteiger partial charge in [0.25, 0.3) is 0 Å². The van der Waals surface area contributed by atoms with Gasteiger partial charge in [0.1, 0.15) is 0 Å². The van der Waals surface area contributed by atoms with Gasteiger partial charge >= 0.3 is 0 Å². The van der Waals surface area contributed by atoms with Crippen molar-refractivity contribution in [3.63, 3.8) is 0 Å². The van der Waals surface area contributed by atoms with Crippen LogP contribution in [0.3, 0.4) is 0 Å². The third-order valence-electron chi connectivity index (χ3n) is 4.56. The maximum atomic E-state index is 4.20. The molecular formula is C20H29N. The van der Waals surface area contributed by atoms with Crippen LogP contribution < -0.4 is 5.32 Å². The number of hydrogen-bond donors (Lipinski definition) is 1. The van der Waals surface area contributed by atoms with Crippen LogP contribution in [0.15, 0.2) is 37.4 Å². The zero-order valence-corrected chi connectivity index (χ0v) is 13.6. The fourth-order valence-corrected chi connectivity index (χ4v) is 3.32. The molecule has 1 unspecified atom stereocenters. The summed E-state index contributed by atoms with van der Waals surface area (Å²) in [6.07, 6.45) is 8.35. The van der Waals surface area contributed by atoms with Crippen molar-refractivity contribution < 1.29 is 0 Å². The van der Waals surface area contributed by atoms with E-state index in [2.05, 4.69) is 49.7 Å². The first-order valence-corrected chi connectivity index (χ1v) is 8.28. The van der Waals surface area contributed by atoms with Gasteiger partial charge in [0.15, 0.2) is 0 Å². The third kappa shape index (κ3) is 4.77. The minimum Gasteiger partial charge on any atom is -0.383 e. The second-order valence-electron chi connectivity index (χ2n) is 6.62. The van der Waals surface area contributed by atoms with Gasteiger partial charge in [0.2, 0.25) is 0 Å². The molecule has 21 heavy (non-hydrogen) atoms. The van der Waals surface area contributed by atoms with Crippen LogP contribution in [-0.2, 0) is 0 Å². The van der Waals surface area contributed by atoms with E-state index in [0.29, 0.717) is 6.04 Å². The van der Waals surface area contributed by atoms with Crippen molar-refractivity contribution in [2.45, 2.75) is 58.4 Å². The number of benzene rings is 1. The van der Waals surface area contributed by atoms with E-state index in [1.54, 1.807) is 0 Å². The zero-order valence-electron chi connectivity index (χ0n) is 13.6. The second kappa shape index (κ2) is 7.49. The SMILES string of the molecule is C=C(C)c1ccc(C(=C)NC(C)CC2CCCCC2)cc1. The Bertz CT molecular complexity index is 477. The van der Waals surface area contributed by atoms with Crippen LogP contribution in [0, 0.1) is 5.92 Å². The first-order valence-electron chi connectivity index (χ1n) is 8.28. The number of rotatable bonds is 6. The number of nitrogens with one attached hydrogen (secondary N) is 1. The van der Waals surface area contributed by atoms with Gasteiger partial charge in [0, 0.05) is 11.7 Å². The molecule has 0 amide bonds. The van der Waals surface area contributed by atoms with E-state index in [-0.39, 0.29) is 0 Å². The summed E-state index contributed by atoms with van der Waals surface area (Å²) in [5.41, 5.74) is 4.51. The molecule has 0 aromatic heterocycles. The lowest BCUT2D eigenvalue weighted by molar-refractivity contribution is 0.315. The predicted octanol–water partition coefficient (Wildman–Crippen LogP) is 5.64. The maximum absolute atomic E-state index is 4.20. The summed E-state index contributed by atoms with van der Waals surface area (Å²) < 4.78 is 0. The molecule has 1 aliphatic rings. The summed E-state index contributed by atoms with van der Waals surface area (Å²) >= 11 is 0. The molecule has 0 saturated heterocycles. The molecule has 1 aromatic carbocycles. The molecule has 1 fully saturated rings. The summed E-state index contributed by atoms with van der Waals surface area (Å²) in [7, 11) is 0. The van der Waals surface area contributed by atoms with Gasteiger partial charge in [-0.25, -0.2) is 0 Å². The quantitative estimate of drug-likeness (QED) is 0.712. The van der Waals surface area contributed by atoms with Gasteiger partial charge in [-0.2, -0.15) is 0 Å². The van der Waals surface area contributed by atoms with Crippen molar-refractivity contribution in [3.8, 4) is 0 Å². The molecule has 0 bridgehead atoms. The Morgan fingerprint density at radius 3 is 2.24 bits per heavy atom. The van der Waals surface area contributed by atoms with Crippen LogP contribution in [0.4, 0.5) is 0 Å². The van der Waals surface area contributed by atoms with Crippen molar-refractivity contribution in [1.82, 2.24) is 5.32 Å². The first kappa shape index (κ1) is 15.9. The largest absolute Gasteiger partial charge is 0.383 e. The van der Waals surface area contributed by atoms with Crippen molar-refractivity contribution in [2.24, 2.45) is 5.92 Å². The molecule has 1 nitrogen and oxygen atoms in total. The van der Waals surface area contributed by atoms with E-state index in [4.69, 9.17) is 0 Å². The van der Waals surface area contributed by atoms with Crippen LogP contribution in [0.5, 0.6) is 0 Å². The Morgan fingerprint density at radius 1 is 1.10 bits per heavy atom. The standard InChI is InChI=1S/C20H29N/c1-15(2)19-10-12-20(13-11-19)17(4)21-16(3)14-18-8-6-5-7-9-18/h10-13,16,18,21H,1,4-9,14H2,2-3H3. The molecular weight excluding hydrogens is 254 g/mol. The van der Waals surface area contributed by atoms with E-state index < -0.39 is 0 Å². The summed E-state index contributed by atoms with van der Waals surface area (Å²) in [5, 5.41) is 3.58. The van der Waals surface area contributed by atoms with Gasteiger partial charge in [-0.1, -0.05) is 75.1 Å². The molecule has 0 radical (unpaired) electrons. The van der Waals surface area contributed by atoms with Crippen LogP contribution in [-0.4, -0.2) is 6.04 Å². The van der Waals surface area contributed by atoms with Crippen LogP contribution in [0.25, 0.3) is 11.3 Å². The molecule has 2 rings (SSSR count). The van der Waals surface area contributed by atoms with Gasteiger partial charge in [0.05, 0.1) is 0 Å². The Hall–Kier alpha value is -1.50. The van der Waals surface area contributed by atoms with Crippen molar-refractivity contribution in [2.75, 3.05) is 0 Å². The number of allylic oxidation sites excluding steroid dienone is 1. The molecule has 0 heterocycles.